The minimum Gasteiger partial charge on any atom is -0.459 e. The molecule has 0 saturated carbocycles. The normalized spacial score (nSPS) is 12.4. The van der Waals surface area contributed by atoms with E-state index in [1.807, 2.05) is 32.9 Å². The number of carbonyl (C=O) groups excluding carboxylic acids is 1. The average Bonchev–Trinajstić information content (AvgIpc) is 2.38. The van der Waals surface area contributed by atoms with Gasteiger partial charge in [-0.1, -0.05) is 22.9 Å². The molecule has 0 fully saturated rings. The molecular formula is C15H15Br2NO2. The van der Waals surface area contributed by atoms with E-state index in [-0.39, 0.29) is 12.1 Å². The maximum atomic E-state index is 12.3. The Kier molecular flexibility index (Phi) is 4.81. The number of hydrogen-bond acceptors (Lipinski definition) is 3. The van der Waals surface area contributed by atoms with Gasteiger partial charge in [0, 0.05) is 20.0 Å². The first-order chi connectivity index (χ1) is 9.42. The van der Waals surface area contributed by atoms with Crippen LogP contribution in [0.15, 0.2) is 27.1 Å². The van der Waals surface area contributed by atoms with Crippen LogP contribution in [-0.2, 0) is 4.74 Å². The van der Waals surface area contributed by atoms with E-state index >= 15 is 0 Å². The molecule has 5 heteroatoms. The van der Waals surface area contributed by atoms with Gasteiger partial charge in [-0.3, -0.25) is 4.98 Å². The van der Waals surface area contributed by atoms with Gasteiger partial charge in [0.15, 0.2) is 0 Å². The van der Waals surface area contributed by atoms with Gasteiger partial charge in [-0.05, 0) is 54.4 Å². The minimum absolute atomic E-state index is 0.0957. The lowest BCUT2D eigenvalue weighted by Crippen LogP contribution is -2.14. The summed E-state index contributed by atoms with van der Waals surface area (Å²) in [6.07, 6.45) is 0.697. The van der Waals surface area contributed by atoms with Gasteiger partial charge in [-0.2, -0.15) is 0 Å². The van der Waals surface area contributed by atoms with Crippen LogP contribution in [0.4, 0.5) is 0 Å². The van der Waals surface area contributed by atoms with Crippen molar-refractivity contribution in [2.45, 2.75) is 33.3 Å². The molecular weight excluding hydrogens is 386 g/mol. The molecule has 0 radical (unpaired) electrons. The maximum absolute atomic E-state index is 12.3. The van der Waals surface area contributed by atoms with Gasteiger partial charge in [-0.25, -0.2) is 4.79 Å². The number of esters is 1. The Labute approximate surface area is 135 Å². The lowest BCUT2D eigenvalue weighted by molar-refractivity contribution is 0.0336. The average molecular weight is 401 g/mol. The second-order valence-corrected chi connectivity index (χ2v) is 6.49. The number of benzene rings is 1. The van der Waals surface area contributed by atoms with E-state index in [1.54, 1.807) is 6.07 Å². The van der Waals surface area contributed by atoms with E-state index in [4.69, 9.17) is 4.74 Å². The largest absolute Gasteiger partial charge is 0.459 e. The van der Waals surface area contributed by atoms with Crippen LogP contribution in [0.5, 0.6) is 0 Å². The summed E-state index contributed by atoms with van der Waals surface area (Å²) in [6, 6.07) is 5.57. The smallest absolute Gasteiger partial charge is 0.339 e. The lowest BCUT2D eigenvalue weighted by Gasteiger charge is -2.13. The number of ether oxygens (including phenoxy) is 1. The summed E-state index contributed by atoms with van der Waals surface area (Å²) in [5.74, 6) is -0.306. The fourth-order valence-corrected chi connectivity index (χ4v) is 3.19. The Morgan fingerprint density at radius 1 is 1.35 bits per heavy atom. The first-order valence-electron chi connectivity index (χ1n) is 6.39. The number of hydrogen-bond donors (Lipinski definition) is 0. The molecule has 0 bridgehead atoms. The Morgan fingerprint density at radius 3 is 2.70 bits per heavy atom. The van der Waals surface area contributed by atoms with Crippen molar-refractivity contribution in [1.29, 1.82) is 0 Å². The van der Waals surface area contributed by atoms with Gasteiger partial charge < -0.3 is 4.74 Å². The van der Waals surface area contributed by atoms with Crippen LogP contribution in [0.3, 0.4) is 0 Å². The summed E-state index contributed by atoms with van der Waals surface area (Å²) in [5, 5.41) is 0.783. The molecule has 1 heterocycles. The topological polar surface area (TPSA) is 39.2 Å². The zero-order chi connectivity index (χ0) is 14.9. The number of carbonyl (C=O) groups is 1. The summed E-state index contributed by atoms with van der Waals surface area (Å²) in [7, 11) is 0. The molecule has 0 aliphatic carbocycles. The van der Waals surface area contributed by atoms with Gasteiger partial charge in [0.1, 0.15) is 0 Å². The van der Waals surface area contributed by atoms with Crippen LogP contribution in [0.25, 0.3) is 10.9 Å². The highest BCUT2D eigenvalue weighted by Crippen LogP contribution is 2.30. The highest BCUT2D eigenvalue weighted by Gasteiger charge is 2.17. The standard InChI is InChI=1S/C15H15Br2NO2/c1-4-9(3)20-15(19)12-5-8(2)18-14-11(12)6-10(16)7-13(14)17/h5-7,9H,4H2,1-3H3/t9-/m0/s1. The molecule has 2 rings (SSSR count). The number of aromatic nitrogens is 1. The molecule has 3 nitrogen and oxygen atoms in total. The maximum Gasteiger partial charge on any atom is 0.339 e. The van der Waals surface area contributed by atoms with Crippen molar-refractivity contribution >= 4 is 48.7 Å². The molecule has 0 amide bonds. The zero-order valence-electron chi connectivity index (χ0n) is 11.5. The second kappa shape index (κ2) is 6.22. The zero-order valence-corrected chi connectivity index (χ0v) is 14.7. The summed E-state index contributed by atoms with van der Waals surface area (Å²) < 4.78 is 7.17. The molecule has 20 heavy (non-hydrogen) atoms. The van der Waals surface area contributed by atoms with Crippen molar-refractivity contribution < 1.29 is 9.53 Å². The molecule has 1 aromatic carbocycles. The first kappa shape index (κ1) is 15.4. The third kappa shape index (κ3) is 3.20. The fraction of sp³-hybridized carbons (Fsp3) is 0.333. The summed E-state index contributed by atoms with van der Waals surface area (Å²) in [5.41, 5.74) is 2.11. The summed E-state index contributed by atoms with van der Waals surface area (Å²) in [6.45, 7) is 5.74. The quantitative estimate of drug-likeness (QED) is 0.678. The SMILES string of the molecule is CC[C@H](C)OC(=O)c1cc(C)nc2c(Br)cc(Br)cc12. The molecule has 106 valence electrons. The van der Waals surface area contributed by atoms with Crippen molar-refractivity contribution in [1.82, 2.24) is 4.98 Å². The Balaban J connectivity index is 2.60. The molecule has 0 aliphatic rings. The van der Waals surface area contributed by atoms with Gasteiger partial charge in [0.2, 0.25) is 0 Å². The second-order valence-electron chi connectivity index (χ2n) is 4.72. The highest BCUT2D eigenvalue weighted by atomic mass is 79.9. The molecule has 0 spiro atoms. The Morgan fingerprint density at radius 2 is 2.05 bits per heavy atom. The molecule has 2 aromatic rings. The molecule has 1 atom stereocenters. The van der Waals surface area contributed by atoms with E-state index in [9.17, 15) is 4.79 Å². The van der Waals surface area contributed by atoms with E-state index in [2.05, 4.69) is 36.8 Å². The summed E-state index contributed by atoms with van der Waals surface area (Å²) >= 11 is 6.92. The van der Waals surface area contributed by atoms with Crippen LogP contribution in [0, 0.1) is 6.92 Å². The van der Waals surface area contributed by atoms with Gasteiger partial charge in [0.05, 0.1) is 17.2 Å². The van der Waals surface area contributed by atoms with Crippen LogP contribution in [0.1, 0.15) is 36.3 Å². The molecule has 0 unspecified atom stereocenters. The van der Waals surface area contributed by atoms with Crippen molar-refractivity contribution in [2.75, 3.05) is 0 Å². The predicted octanol–water partition coefficient (Wildman–Crippen LogP) is 5.02. The number of halogens is 2. The predicted molar refractivity (Wildman–Crippen MR) is 87.0 cm³/mol. The van der Waals surface area contributed by atoms with Crippen LogP contribution in [0.2, 0.25) is 0 Å². The van der Waals surface area contributed by atoms with E-state index in [0.717, 1.165) is 32.0 Å². The number of fused-ring (bicyclic) bond motifs is 1. The van der Waals surface area contributed by atoms with Gasteiger partial charge >= 0.3 is 5.97 Å². The van der Waals surface area contributed by atoms with Crippen molar-refractivity contribution in [2.24, 2.45) is 0 Å². The van der Waals surface area contributed by atoms with E-state index < -0.39 is 0 Å². The highest BCUT2D eigenvalue weighted by molar-refractivity contribution is 9.11. The van der Waals surface area contributed by atoms with E-state index in [0.29, 0.717) is 5.56 Å². The monoisotopic (exact) mass is 399 g/mol. The molecule has 1 aromatic heterocycles. The minimum atomic E-state index is -0.306. The number of aryl methyl sites for hydroxylation is 1. The van der Waals surface area contributed by atoms with Crippen LogP contribution >= 0.6 is 31.9 Å². The summed E-state index contributed by atoms with van der Waals surface area (Å²) in [4.78, 5) is 16.8. The number of rotatable bonds is 3. The molecule has 0 saturated heterocycles. The fourth-order valence-electron chi connectivity index (χ4n) is 1.88. The molecule has 0 aliphatic heterocycles. The first-order valence-corrected chi connectivity index (χ1v) is 7.98. The number of pyridine rings is 1. The van der Waals surface area contributed by atoms with Crippen molar-refractivity contribution in [3.63, 3.8) is 0 Å². The lowest BCUT2D eigenvalue weighted by atomic mass is 10.1. The third-order valence-corrected chi connectivity index (χ3v) is 4.13. The van der Waals surface area contributed by atoms with Gasteiger partial charge in [-0.15, -0.1) is 0 Å². The van der Waals surface area contributed by atoms with Gasteiger partial charge in [0.25, 0.3) is 0 Å². The van der Waals surface area contributed by atoms with Crippen molar-refractivity contribution in [3.8, 4) is 0 Å². The Hall–Kier alpha value is -0.940. The Bertz CT molecular complexity index is 670. The van der Waals surface area contributed by atoms with Crippen molar-refractivity contribution in [3.05, 3.63) is 38.4 Å². The number of nitrogens with zero attached hydrogens (tertiary/aromatic N) is 1. The van der Waals surface area contributed by atoms with E-state index in [1.165, 1.54) is 0 Å². The van der Waals surface area contributed by atoms with Crippen LogP contribution < -0.4 is 0 Å². The third-order valence-electron chi connectivity index (χ3n) is 3.06. The molecule has 0 N–H and O–H groups in total. The van der Waals surface area contributed by atoms with Crippen LogP contribution in [-0.4, -0.2) is 17.1 Å².